The van der Waals surface area contributed by atoms with E-state index in [1.807, 2.05) is 0 Å². The van der Waals surface area contributed by atoms with Crippen LogP contribution in [0.4, 0.5) is 0 Å². The number of hydrogen-bond acceptors (Lipinski definition) is 2. The van der Waals surface area contributed by atoms with Crippen LogP contribution in [-0.4, -0.2) is 41.6 Å². The number of hydrogen-bond donors (Lipinski definition) is 1. The molecule has 1 aliphatic rings. The molecule has 1 unspecified atom stereocenters. The van der Waals surface area contributed by atoms with Crippen molar-refractivity contribution in [2.75, 3.05) is 31.6 Å². The molecule has 0 radical (unpaired) electrons. The van der Waals surface area contributed by atoms with Gasteiger partial charge in [-0.15, -0.1) is 0 Å². The summed E-state index contributed by atoms with van der Waals surface area (Å²) >= 11 is 3.43. The van der Waals surface area contributed by atoms with Crippen LogP contribution in [0.2, 0.25) is 0 Å². The Morgan fingerprint density at radius 1 is 1.50 bits per heavy atom. The highest BCUT2D eigenvalue weighted by atomic mass is 79.9. The van der Waals surface area contributed by atoms with E-state index in [1.165, 1.54) is 32.4 Å². The fraction of sp³-hybridized carbons (Fsp3) is 1.00. The Kier molecular flexibility index (Phi) is 5.19. The van der Waals surface area contributed by atoms with Gasteiger partial charge in [-0.25, -0.2) is 0 Å². The standard InChI is InChI=1S/C9H18BrNO/c10-4-2-6-11-5-1-3-9(7-11)8-12/h9,12H,1-8H2. The summed E-state index contributed by atoms with van der Waals surface area (Å²) in [5.74, 6) is 0.536. The fourth-order valence-electron chi connectivity index (χ4n) is 1.79. The summed E-state index contributed by atoms with van der Waals surface area (Å²) in [6, 6.07) is 0. The number of piperidine rings is 1. The van der Waals surface area contributed by atoms with E-state index in [9.17, 15) is 0 Å². The van der Waals surface area contributed by atoms with Crippen molar-refractivity contribution in [2.24, 2.45) is 5.92 Å². The van der Waals surface area contributed by atoms with Gasteiger partial charge in [0.15, 0.2) is 0 Å². The Balaban J connectivity index is 2.16. The average Bonchev–Trinajstić information content (AvgIpc) is 2.15. The van der Waals surface area contributed by atoms with Crippen LogP contribution in [-0.2, 0) is 0 Å². The summed E-state index contributed by atoms with van der Waals surface area (Å²) in [6.45, 7) is 3.87. The first-order valence-electron chi connectivity index (χ1n) is 4.76. The third kappa shape index (κ3) is 3.42. The lowest BCUT2D eigenvalue weighted by Crippen LogP contribution is -2.37. The Morgan fingerprint density at radius 2 is 2.33 bits per heavy atom. The normalized spacial score (nSPS) is 26.0. The molecule has 1 atom stereocenters. The van der Waals surface area contributed by atoms with E-state index < -0.39 is 0 Å². The van der Waals surface area contributed by atoms with Crippen molar-refractivity contribution in [3.8, 4) is 0 Å². The van der Waals surface area contributed by atoms with Crippen LogP contribution in [0.5, 0.6) is 0 Å². The van der Waals surface area contributed by atoms with E-state index in [0.717, 1.165) is 11.9 Å². The number of nitrogens with zero attached hydrogens (tertiary/aromatic N) is 1. The first kappa shape index (κ1) is 10.5. The number of alkyl halides is 1. The van der Waals surface area contributed by atoms with Crippen LogP contribution in [0.3, 0.4) is 0 Å². The molecule has 0 bridgehead atoms. The maximum Gasteiger partial charge on any atom is 0.0471 e. The van der Waals surface area contributed by atoms with Gasteiger partial charge in [-0.3, -0.25) is 0 Å². The summed E-state index contributed by atoms with van der Waals surface area (Å²) in [5.41, 5.74) is 0. The molecule has 1 saturated heterocycles. The summed E-state index contributed by atoms with van der Waals surface area (Å²) in [7, 11) is 0. The molecule has 0 spiro atoms. The molecule has 1 fully saturated rings. The van der Waals surface area contributed by atoms with Crippen molar-refractivity contribution in [1.29, 1.82) is 0 Å². The second kappa shape index (κ2) is 5.95. The van der Waals surface area contributed by atoms with Crippen molar-refractivity contribution in [3.05, 3.63) is 0 Å². The van der Waals surface area contributed by atoms with Gasteiger partial charge in [-0.2, -0.15) is 0 Å². The van der Waals surface area contributed by atoms with Crippen molar-refractivity contribution in [3.63, 3.8) is 0 Å². The molecular formula is C9H18BrNO. The SMILES string of the molecule is OCC1CCCN(CCCBr)C1. The Hall–Kier alpha value is 0.400. The Labute approximate surface area is 83.1 Å². The zero-order valence-electron chi connectivity index (χ0n) is 7.51. The van der Waals surface area contributed by atoms with Crippen molar-refractivity contribution in [2.45, 2.75) is 19.3 Å². The first-order chi connectivity index (χ1) is 5.86. The molecule has 1 rings (SSSR count). The van der Waals surface area contributed by atoms with Crippen LogP contribution in [0.25, 0.3) is 0 Å². The quantitative estimate of drug-likeness (QED) is 0.747. The third-order valence-electron chi connectivity index (χ3n) is 2.47. The molecule has 0 saturated carbocycles. The van der Waals surface area contributed by atoms with Gasteiger partial charge in [0.1, 0.15) is 0 Å². The van der Waals surface area contributed by atoms with E-state index >= 15 is 0 Å². The summed E-state index contributed by atoms with van der Waals surface area (Å²) < 4.78 is 0. The molecule has 3 heteroatoms. The number of aliphatic hydroxyl groups is 1. The monoisotopic (exact) mass is 235 g/mol. The van der Waals surface area contributed by atoms with E-state index in [4.69, 9.17) is 5.11 Å². The Bertz CT molecular complexity index is 121. The molecular weight excluding hydrogens is 218 g/mol. The van der Waals surface area contributed by atoms with Crippen LogP contribution in [0, 0.1) is 5.92 Å². The summed E-state index contributed by atoms with van der Waals surface area (Å²) in [6.07, 6.45) is 3.69. The molecule has 0 aromatic rings. The van der Waals surface area contributed by atoms with Gasteiger partial charge in [0.25, 0.3) is 0 Å². The molecule has 72 valence electrons. The zero-order chi connectivity index (χ0) is 8.81. The van der Waals surface area contributed by atoms with Gasteiger partial charge in [0.05, 0.1) is 0 Å². The van der Waals surface area contributed by atoms with Gasteiger partial charge < -0.3 is 10.0 Å². The first-order valence-corrected chi connectivity index (χ1v) is 5.88. The molecule has 2 nitrogen and oxygen atoms in total. The van der Waals surface area contributed by atoms with Crippen molar-refractivity contribution < 1.29 is 5.11 Å². The van der Waals surface area contributed by atoms with Gasteiger partial charge in [0.2, 0.25) is 0 Å². The van der Waals surface area contributed by atoms with Crippen molar-refractivity contribution >= 4 is 15.9 Å². The van der Waals surface area contributed by atoms with Gasteiger partial charge in [-0.05, 0) is 38.3 Å². The second-order valence-corrected chi connectivity index (χ2v) is 4.33. The van der Waals surface area contributed by atoms with Crippen molar-refractivity contribution in [1.82, 2.24) is 4.90 Å². The van der Waals surface area contributed by atoms with Crippen LogP contribution in [0.15, 0.2) is 0 Å². The number of aliphatic hydroxyl groups excluding tert-OH is 1. The predicted octanol–water partition coefficient (Wildman–Crippen LogP) is 1.48. The molecule has 1 aliphatic heterocycles. The predicted molar refractivity (Wildman–Crippen MR) is 54.7 cm³/mol. The molecule has 0 aliphatic carbocycles. The van der Waals surface area contributed by atoms with Gasteiger partial charge >= 0.3 is 0 Å². The van der Waals surface area contributed by atoms with E-state index in [2.05, 4.69) is 20.8 Å². The maximum absolute atomic E-state index is 9.00. The smallest absolute Gasteiger partial charge is 0.0471 e. The Morgan fingerprint density at radius 3 is 3.00 bits per heavy atom. The topological polar surface area (TPSA) is 23.5 Å². The molecule has 0 aromatic carbocycles. The number of rotatable bonds is 4. The largest absolute Gasteiger partial charge is 0.396 e. The summed E-state index contributed by atoms with van der Waals surface area (Å²) in [5, 5.41) is 10.1. The lowest BCUT2D eigenvalue weighted by molar-refractivity contribution is 0.121. The van der Waals surface area contributed by atoms with E-state index in [0.29, 0.717) is 12.5 Å². The molecule has 1 N–H and O–H groups in total. The number of halogens is 1. The van der Waals surface area contributed by atoms with Crippen LogP contribution < -0.4 is 0 Å². The van der Waals surface area contributed by atoms with Gasteiger partial charge in [-0.1, -0.05) is 15.9 Å². The lowest BCUT2D eigenvalue weighted by atomic mass is 9.99. The molecule has 0 amide bonds. The molecule has 0 aromatic heterocycles. The minimum absolute atomic E-state index is 0.366. The summed E-state index contributed by atoms with van der Waals surface area (Å²) in [4.78, 5) is 2.46. The van der Waals surface area contributed by atoms with E-state index in [1.54, 1.807) is 0 Å². The average molecular weight is 236 g/mol. The second-order valence-electron chi connectivity index (χ2n) is 3.53. The van der Waals surface area contributed by atoms with Crippen LogP contribution in [0.1, 0.15) is 19.3 Å². The lowest BCUT2D eigenvalue weighted by Gasteiger charge is -2.31. The highest BCUT2D eigenvalue weighted by Crippen LogP contribution is 2.15. The fourth-order valence-corrected chi connectivity index (χ4v) is 2.04. The minimum atomic E-state index is 0.366. The highest BCUT2D eigenvalue weighted by molar-refractivity contribution is 9.09. The van der Waals surface area contributed by atoms with E-state index in [-0.39, 0.29) is 0 Å². The minimum Gasteiger partial charge on any atom is -0.396 e. The molecule has 12 heavy (non-hydrogen) atoms. The maximum atomic E-state index is 9.00. The third-order valence-corrected chi connectivity index (χ3v) is 3.03. The van der Waals surface area contributed by atoms with Crippen LogP contribution >= 0.6 is 15.9 Å². The molecule has 1 heterocycles. The highest BCUT2D eigenvalue weighted by Gasteiger charge is 2.17. The van der Waals surface area contributed by atoms with Gasteiger partial charge in [0, 0.05) is 18.5 Å². The number of likely N-dealkylation sites (tertiary alicyclic amines) is 1. The zero-order valence-corrected chi connectivity index (χ0v) is 9.09.